The third-order valence-electron chi connectivity index (χ3n) is 7.25. The molecule has 5 atom stereocenters. The van der Waals surface area contributed by atoms with Gasteiger partial charge in [-0.25, -0.2) is 0 Å². The van der Waals surface area contributed by atoms with Gasteiger partial charge in [0.25, 0.3) is 0 Å². The highest BCUT2D eigenvalue weighted by Gasteiger charge is 2.50. The molecule has 0 amide bonds. The average Bonchev–Trinajstić information content (AvgIpc) is 3.06. The van der Waals surface area contributed by atoms with E-state index in [1.54, 1.807) is 0 Å². The van der Waals surface area contributed by atoms with Crippen LogP contribution in [0.25, 0.3) is 0 Å². The largest absolute Gasteiger partial charge is 0.411 e. The Bertz CT molecular complexity index is 1380. The Balaban J connectivity index is 1.43. The molecular weight excluding hydrogens is 585 g/mol. The Morgan fingerprint density at radius 3 is 1.33 bits per heavy atom. The fraction of sp³-hybridized carbons (Fsp3) is 0.333. The standard InChI is InChI=1S/C36H37F3O6/c37-36(38,39)26-44-35-34(43-24-30-19-11-4-12-20-30)33(42-23-29-17-9-3-10-18-29)32(41-22-28-15-7-2-8-16-28)31(45-35)25-40-21-27-13-5-1-6-14-27/h1-20,31-35H,21-26H2/t31?,32-,33?,34?,35+/m0/s1. The molecule has 0 aromatic heterocycles. The van der Waals surface area contributed by atoms with Crippen LogP contribution in [0.15, 0.2) is 121 Å². The lowest BCUT2D eigenvalue weighted by atomic mass is 9.97. The summed E-state index contributed by atoms with van der Waals surface area (Å²) in [4.78, 5) is 0. The molecule has 1 heterocycles. The topological polar surface area (TPSA) is 55.4 Å². The van der Waals surface area contributed by atoms with Crippen LogP contribution in [-0.2, 0) is 54.8 Å². The average molecular weight is 623 g/mol. The molecule has 9 heteroatoms. The zero-order valence-electron chi connectivity index (χ0n) is 24.8. The third kappa shape index (κ3) is 10.5. The number of alkyl halides is 3. The Labute approximate surface area is 261 Å². The van der Waals surface area contributed by atoms with Crippen LogP contribution in [-0.4, -0.2) is 50.1 Å². The van der Waals surface area contributed by atoms with Crippen molar-refractivity contribution in [1.29, 1.82) is 0 Å². The van der Waals surface area contributed by atoms with E-state index in [-0.39, 0.29) is 33.0 Å². The second kappa shape index (κ2) is 16.7. The van der Waals surface area contributed by atoms with Crippen LogP contribution in [0.2, 0.25) is 0 Å². The highest BCUT2D eigenvalue weighted by atomic mass is 19.4. The van der Waals surface area contributed by atoms with Gasteiger partial charge >= 0.3 is 6.18 Å². The highest BCUT2D eigenvalue weighted by molar-refractivity contribution is 5.16. The zero-order valence-corrected chi connectivity index (χ0v) is 24.8. The van der Waals surface area contributed by atoms with Gasteiger partial charge in [-0.05, 0) is 22.3 Å². The molecule has 0 N–H and O–H groups in total. The minimum Gasteiger partial charge on any atom is -0.374 e. The maximum absolute atomic E-state index is 13.4. The van der Waals surface area contributed by atoms with Crippen molar-refractivity contribution < 1.29 is 41.6 Å². The van der Waals surface area contributed by atoms with Crippen LogP contribution in [0.5, 0.6) is 0 Å². The van der Waals surface area contributed by atoms with E-state index in [2.05, 4.69) is 0 Å². The third-order valence-corrected chi connectivity index (χ3v) is 7.25. The van der Waals surface area contributed by atoms with Crippen molar-refractivity contribution in [2.24, 2.45) is 0 Å². The Morgan fingerprint density at radius 1 is 0.489 bits per heavy atom. The maximum atomic E-state index is 13.4. The van der Waals surface area contributed by atoms with Crippen molar-refractivity contribution in [2.75, 3.05) is 13.2 Å². The monoisotopic (exact) mass is 622 g/mol. The van der Waals surface area contributed by atoms with Gasteiger partial charge in [0.15, 0.2) is 6.29 Å². The Kier molecular flexibility index (Phi) is 12.1. The summed E-state index contributed by atoms with van der Waals surface area (Å²) in [5, 5.41) is 0. The summed E-state index contributed by atoms with van der Waals surface area (Å²) >= 11 is 0. The molecule has 0 spiro atoms. The van der Waals surface area contributed by atoms with Gasteiger partial charge in [0.2, 0.25) is 0 Å². The molecule has 6 nitrogen and oxygen atoms in total. The van der Waals surface area contributed by atoms with E-state index >= 15 is 0 Å². The molecule has 5 rings (SSSR count). The van der Waals surface area contributed by atoms with Gasteiger partial charge in [0.1, 0.15) is 31.0 Å². The van der Waals surface area contributed by atoms with Crippen LogP contribution in [0.4, 0.5) is 13.2 Å². The van der Waals surface area contributed by atoms with E-state index in [9.17, 15) is 13.2 Å². The molecular formula is C36H37F3O6. The molecule has 0 aliphatic carbocycles. The van der Waals surface area contributed by atoms with Gasteiger partial charge < -0.3 is 28.4 Å². The summed E-state index contributed by atoms with van der Waals surface area (Å²) in [5.41, 5.74) is 3.59. The lowest BCUT2D eigenvalue weighted by Crippen LogP contribution is -2.62. The molecule has 1 fully saturated rings. The number of benzene rings is 4. The number of hydrogen-bond acceptors (Lipinski definition) is 6. The van der Waals surface area contributed by atoms with Gasteiger partial charge in [-0.1, -0.05) is 121 Å². The smallest absolute Gasteiger partial charge is 0.374 e. The summed E-state index contributed by atoms with van der Waals surface area (Å²) in [5.74, 6) is 0. The van der Waals surface area contributed by atoms with E-state index in [0.717, 1.165) is 22.3 Å². The van der Waals surface area contributed by atoms with Crippen LogP contribution in [0.1, 0.15) is 22.3 Å². The summed E-state index contributed by atoms with van der Waals surface area (Å²) in [7, 11) is 0. The van der Waals surface area contributed by atoms with E-state index in [0.29, 0.717) is 0 Å². The molecule has 238 valence electrons. The van der Waals surface area contributed by atoms with Crippen molar-refractivity contribution >= 4 is 0 Å². The lowest BCUT2D eigenvalue weighted by Gasteiger charge is -2.46. The molecule has 3 unspecified atom stereocenters. The fourth-order valence-corrected chi connectivity index (χ4v) is 5.06. The lowest BCUT2D eigenvalue weighted by molar-refractivity contribution is -0.341. The first-order chi connectivity index (χ1) is 21.9. The molecule has 0 saturated carbocycles. The molecule has 45 heavy (non-hydrogen) atoms. The SMILES string of the molecule is FC(F)(F)CO[C@@H]1OC(COCc2ccccc2)[C@H](OCc2ccccc2)C(OCc2ccccc2)C1OCc1ccccc1. The molecule has 1 aliphatic heterocycles. The summed E-state index contributed by atoms with van der Waals surface area (Å²) in [6, 6.07) is 38.1. The first-order valence-electron chi connectivity index (χ1n) is 14.9. The molecule has 4 aromatic rings. The zero-order chi connectivity index (χ0) is 31.3. The second-order valence-corrected chi connectivity index (χ2v) is 10.8. The molecule has 1 aliphatic rings. The van der Waals surface area contributed by atoms with Crippen molar-refractivity contribution in [2.45, 2.75) is 63.3 Å². The number of hydrogen-bond donors (Lipinski definition) is 0. The highest BCUT2D eigenvalue weighted by Crippen LogP contribution is 2.32. The van der Waals surface area contributed by atoms with Crippen molar-refractivity contribution in [3.8, 4) is 0 Å². The molecule has 0 radical (unpaired) electrons. The Hall–Kier alpha value is -3.57. The van der Waals surface area contributed by atoms with Gasteiger partial charge in [-0.3, -0.25) is 0 Å². The van der Waals surface area contributed by atoms with E-state index in [1.165, 1.54) is 0 Å². The first-order valence-corrected chi connectivity index (χ1v) is 14.9. The minimum absolute atomic E-state index is 0.0246. The predicted octanol–water partition coefficient (Wildman–Crippen LogP) is 7.26. The predicted molar refractivity (Wildman–Crippen MR) is 162 cm³/mol. The van der Waals surface area contributed by atoms with Crippen LogP contribution < -0.4 is 0 Å². The molecule has 0 bridgehead atoms. The normalized spacial score (nSPS) is 21.9. The van der Waals surface area contributed by atoms with Crippen LogP contribution in [0, 0.1) is 0 Å². The number of halogens is 3. The van der Waals surface area contributed by atoms with Gasteiger partial charge in [0.05, 0.1) is 33.0 Å². The van der Waals surface area contributed by atoms with Crippen molar-refractivity contribution in [1.82, 2.24) is 0 Å². The van der Waals surface area contributed by atoms with Gasteiger partial charge in [-0.15, -0.1) is 0 Å². The Morgan fingerprint density at radius 2 is 0.889 bits per heavy atom. The number of ether oxygens (including phenoxy) is 6. The maximum Gasteiger partial charge on any atom is 0.411 e. The summed E-state index contributed by atoms with van der Waals surface area (Å²) in [6.45, 7) is -0.714. The summed E-state index contributed by atoms with van der Waals surface area (Å²) < 4.78 is 77.2. The van der Waals surface area contributed by atoms with Gasteiger partial charge in [0, 0.05) is 0 Å². The van der Waals surface area contributed by atoms with Crippen LogP contribution in [0.3, 0.4) is 0 Å². The van der Waals surface area contributed by atoms with E-state index < -0.39 is 43.5 Å². The quantitative estimate of drug-likeness (QED) is 0.139. The van der Waals surface area contributed by atoms with E-state index in [4.69, 9.17) is 28.4 Å². The van der Waals surface area contributed by atoms with Gasteiger partial charge in [-0.2, -0.15) is 13.2 Å². The van der Waals surface area contributed by atoms with Crippen molar-refractivity contribution in [3.05, 3.63) is 144 Å². The molecule has 1 saturated heterocycles. The summed E-state index contributed by atoms with van der Waals surface area (Å²) in [6.07, 6.45) is -9.49. The first kappa shape index (κ1) is 32.8. The minimum atomic E-state index is -4.58. The van der Waals surface area contributed by atoms with E-state index in [1.807, 2.05) is 121 Å². The second-order valence-electron chi connectivity index (χ2n) is 10.8. The van der Waals surface area contributed by atoms with Crippen LogP contribution >= 0.6 is 0 Å². The molecule has 4 aromatic carbocycles. The van der Waals surface area contributed by atoms with Crippen molar-refractivity contribution in [3.63, 3.8) is 0 Å². The number of rotatable bonds is 15. The fourth-order valence-electron chi connectivity index (χ4n) is 5.06.